The summed E-state index contributed by atoms with van der Waals surface area (Å²) in [5.41, 5.74) is 7.93. The fourth-order valence-electron chi connectivity index (χ4n) is 2.24. The molecule has 1 aliphatic rings. The zero-order chi connectivity index (χ0) is 11.5. The molecule has 2 atom stereocenters. The van der Waals surface area contributed by atoms with E-state index in [1.165, 1.54) is 5.56 Å². The Hall–Kier alpha value is -1.48. The van der Waals surface area contributed by atoms with Crippen LogP contribution >= 0.6 is 0 Å². The van der Waals surface area contributed by atoms with Crippen LogP contribution in [0.3, 0.4) is 0 Å². The van der Waals surface area contributed by atoms with Crippen LogP contribution in [-0.2, 0) is 11.2 Å². The predicted molar refractivity (Wildman–Crippen MR) is 63.1 cm³/mol. The second-order valence-corrected chi connectivity index (χ2v) is 4.17. The highest BCUT2D eigenvalue weighted by Gasteiger charge is 2.31. The smallest absolute Gasteiger partial charge is 0.158 e. The molecule has 1 aromatic heterocycles. The molecule has 0 aromatic carbocycles. The normalized spacial score (nSPS) is 20.2. The molecule has 1 aromatic rings. The first-order chi connectivity index (χ1) is 7.74. The minimum atomic E-state index is -0.435. The molecule has 0 saturated carbocycles. The summed E-state index contributed by atoms with van der Waals surface area (Å²) in [6.07, 6.45) is 5.74. The summed E-state index contributed by atoms with van der Waals surface area (Å²) in [5.74, 6) is -0.0106. The van der Waals surface area contributed by atoms with Crippen molar-refractivity contribution in [1.29, 1.82) is 0 Å². The van der Waals surface area contributed by atoms with Gasteiger partial charge in [-0.3, -0.25) is 9.78 Å². The zero-order valence-corrected chi connectivity index (χ0v) is 9.23. The van der Waals surface area contributed by atoms with Crippen molar-refractivity contribution in [3.8, 4) is 0 Å². The number of hydrogen-bond donors (Lipinski definition) is 1. The second-order valence-electron chi connectivity index (χ2n) is 4.17. The van der Waals surface area contributed by atoms with E-state index in [1.807, 2.05) is 12.1 Å². The van der Waals surface area contributed by atoms with E-state index < -0.39 is 6.04 Å². The van der Waals surface area contributed by atoms with Crippen molar-refractivity contribution in [2.75, 3.05) is 0 Å². The van der Waals surface area contributed by atoms with Crippen LogP contribution in [-0.4, -0.2) is 16.8 Å². The van der Waals surface area contributed by atoms with E-state index >= 15 is 0 Å². The fourth-order valence-corrected chi connectivity index (χ4v) is 2.24. The van der Waals surface area contributed by atoms with Gasteiger partial charge in [-0.15, -0.1) is 6.58 Å². The van der Waals surface area contributed by atoms with E-state index in [-0.39, 0.29) is 11.7 Å². The largest absolute Gasteiger partial charge is 0.321 e. The summed E-state index contributed by atoms with van der Waals surface area (Å²) in [6.45, 7) is 3.61. The highest BCUT2D eigenvalue weighted by atomic mass is 16.1. The van der Waals surface area contributed by atoms with Gasteiger partial charge in [0.1, 0.15) is 0 Å². The highest BCUT2D eigenvalue weighted by Crippen LogP contribution is 2.32. The van der Waals surface area contributed by atoms with Gasteiger partial charge in [0.2, 0.25) is 0 Å². The monoisotopic (exact) mass is 216 g/mol. The van der Waals surface area contributed by atoms with Crippen molar-refractivity contribution in [1.82, 2.24) is 4.98 Å². The average Bonchev–Trinajstić information content (AvgIpc) is 2.72. The van der Waals surface area contributed by atoms with Crippen LogP contribution in [0.5, 0.6) is 0 Å². The Morgan fingerprint density at radius 2 is 2.56 bits per heavy atom. The lowest BCUT2D eigenvalue weighted by Crippen LogP contribution is -2.33. The molecule has 0 radical (unpaired) electrons. The van der Waals surface area contributed by atoms with Gasteiger partial charge < -0.3 is 5.73 Å². The number of carbonyl (C=O) groups excluding carboxylic acids is 1. The summed E-state index contributed by atoms with van der Waals surface area (Å²) < 4.78 is 0. The van der Waals surface area contributed by atoms with Crippen molar-refractivity contribution in [3.05, 3.63) is 42.2 Å². The van der Waals surface area contributed by atoms with Crippen LogP contribution in [0.4, 0.5) is 0 Å². The summed E-state index contributed by atoms with van der Waals surface area (Å²) in [6, 6.07) is 3.51. The van der Waals surface area contributed by atoms with Crippen LogP contribution in [0, 0.1) is 0 Å². The van der Waals surface area contributed by atoms with Crippen LogP contribution in [0.2, 0.25) is 0 Å². The van der Waals surface area contributed by atoms with Crippen LogP contribution in [0.15, 0.2) is 31.0 Å². The number of fused-ring (bicyclic) bond motifs is 1. The lowest BCUT2D eigenvalue weighted by Gasteiger charge is -2.14. The topological polar surface area (TPSA) is 56.0 Å². The summed E-state index contributed by atoms with van der Waals surface area (Å²) >= 11 is 0. The number of Topliss-reactive ketones (excluding diaryl/α,β-unsaturated/α-hetero) is 1. The second kappa shape index (κ2) is 4.58. The molecule has 1 heterocycles. The standard InChI is InChI=1S/C13H16N2O/c1-2-4-11(14)13(16)10-7-6-9-5-3-8-15-12(9)10/h2-3,5,8,10-11H,1,4,6-7,14H2. The van der Waals surface area contributed by atoms with Gasteiger partial charge >= 0.3 is 0 Å². The van der Waals surface area contributed by atoms with E-state index in [1.54, 1.807) is 12.3 Å². The molecular formula is C13H16N2O. The third kappa shape index (κ3) is 1.91. The SMILES string of the molecule is C=CCC(N)C(=O)C1CCc2cccnc21. The molecule has 0 amide bonds. The van der Waals surface area contributed by atoms with Gasteiger partial charge in [-0.1, -0.05) is 12.1 Å². The molecule has 3 nitrogen and oxygen atoms in total. The Morgan fingerprint density at radius 1 is 1.75 bits per heavy atom. The number of ketones is 1. The van der Waals surface area contributed by atoms with Crippen LogP contribution < -0.4 is 5.73 Å². The zero-order valence-electron chi connectivity index (χ0n) is 9.23. The number of aromatic nitrogens is 1. The van der Waals surface area contributed by atoms with Gasteiger partial charge in [-0.2, -0.15) is 0 Å². The van der Waals surface area contributed by atoms with Gasteiger partial charge in [-0.05, 0) is 30.9 Å². The number of nitrogens with zero attached hydrogens (tertiary/aromatic N) is 1. The Bertz CT molecular complexity index is 414. The molecule has 84 valence electrons. The third-order valence-corrected chi connectivity index (χ3v) is 3.09. The number of nitrogens with two attached hydrogens (primary N) is 1. The minimum absolute atomic E-state index is 0.0948. The Balaban J connectivity index is 2.19. The molecule has 0 fully saturated rings. The molecule has 0 spiro atoms. The van der Waals surface area contributed by atoms with E-state index in [0.717, 1.165) is 18.5 Å². The number of aryl methyl sites for hydroxylation is 1. The van der Waals surface area contributed by atoms with Gasteiger partial charge in [-0.25, -0.2) is 0 Å². The van der Waals surface area contributed by atoms with E-state index in [2.05, 4.69) is 11.6 Å². The predicted octanol–water partition coefficient (Wildman–Crippen LogP) is 1.58. The van der Waals surface area contributed by atoms with E-state index in [9.17, 15) is 4.79 Å². The van der Waals surface area contributed by atoms with E-state index in [0.29, 0.717) is 6.42 Å². The van der Waals surface area contributed by atoms with E-state index in [4.69, 9.17) is 5.73 Å². The first-order valence-corrected chi connectivity index (χ1v) is 5.58. The lowest BCUT2D eigenvalue weighted by molar-refractivity contribution is -0.121. The maximum absolute atomic E-state index is 12.1. The fraction of sp³-hybridized carbons (Fsp3) is 0.385. The number of pyridine rings is 1. The molecule has 16 heavy (non-hydrogen) atoms. The molecule has 2 unspecified atom stereocenters. The Labute approximate surface area is 95.4 Å². The first kappa shape index (κ1) is 11.0. The molecule has 0 saturated heterocycles. The molecule has 3 heteroatoms. The van der Waals surface area contributed by atoms with Crippen molar-refractivity contribution in [3.63, 3.8) is 0 Å². The maximum atomic E-state index is 12.1. The van der Waals surface area contributed by atoms with Gasteiger partial charge in [0.05, 0.1) is 17.7 Å². The van der Waals surface area contributed by atoms with Gasteiger partial charge in [0.15, 0.2) is 5.78 Å². The Kier molecular flexibility index (Phi) is 3.15. The number of carbonyl (C=O) groups is 1. The van der Waals surface area contributed by atoms with Gasteiger partial charge in [0, 0.05) is 6.20 Å². The highest BCUT2D eigenvalue weighted by molar-refractivity contribution is 5.90. The quantitative estimate of drug-likeness (QED) is 0.777. The molecule has 0 bridgehead atoms. The molecular weight excluding hydrogens is 200 g/mol. The van der Waals surface area contributed by atoms with Crippen molar-refractivity contribution >= 4 is 5.78 Å². The van der Waals surface area contributed by atoms with Crippen LogP contribution in [0.25, 0.3) is 0 Å². The minimum Gasteiger partial charge on any atom is -0.321 e. The average molecular weight is 216 g/mol. The lowest BCUT2D eigenvalue weighted by atomic mass is 9.94. The number of hydrogen-bond acceptors (Lipinski definition) is 3. The first-order valence-electron chi connectivity index (χ1n) is 5.58. The summed E-state index contributed by atoms with van der Waals surface area (Å²) in [7, 11) is 0. The Morgan fingerprint density at radius 3 is 3.31 bits per heavy atom. The van der Waals surface area contributed by atoms with Gasteiger partial charge in [0.25, 0.3) is 0 Å². The maximum Gasteiger partial charge on any atom is 0.158 e. The molecule has 2 rings (SSSR count). The molecule has 2 N–H and O–H groups in total. The molecule has 1 aliphatic carbocycles. The summed E-state index contributed by atoms with van der Waals surface area (Å²) in [4.78, 5) is 16.4. The van der Waals surface area contributed by atoms with Crippen LogP contribution in [0.1, 0.15) is 30.0 Å². The number of rotatable bonds is 4. The van der Waals surface area contributed by atoms with Crippen molar-refractivity contribution in [2.45, 2.75) is 31.2 Å². The third-order valence-electron chi connectivity index (χ3n) is 3.09. The van der Waals surface area contributed by atoms with Crippen molar-refractivity contribution in [2.24, 2.45) is 5.73 Å². The van der Waals surface area contributed by atoms with Crippen molar-refractivity contribution < 1.29 is 4.79 Å². The summed E-state index contributed by atoms with van der Waals surface area (Å²) in [5, 5.41) is 0. The molecule has 0 aliphatic heterocycles.